The second-order valence-electron chi connectivity index (χ2n) is 5.29. The molecule has 0 radical (unpaired) electrons. The third-order valence-electron chi connectivity index (χ3n) is 2.45. The topological polar surface area (TPSA) is 63.8 Å². The quantitative estimate of drug-likeness (QED) is 0.610. The molecule has 0 saturated carbocycles. The first-order valence-corrected chi connectivity index (χ1v) is 6.58. The Morgan fingerprint density at radius 2 is 2.06 bits per heavy atom. The van der Waals surface area contributed by atoms with Gasteiger partial charge in [-0.1, -0.05) is 20.8 Å². The highest BCUT2D eigenvalue weighted by atomic mass is 32.2. The van der Waals surface area contributed by atoms with Crippen LogP contribution in [0.4, 0.5) is 5.82 Å². The SMILES string of the molecule is CC(C)(C)Cc1nc2c(c(NN)n1)CSC2. The first-order valence-electron chi connectivity index (χ1n) is 5.42. The number of thioether (sulfide) groups is 1. The van der Waals surface area contributed by atoms with Crippen LogP contribution in [0.2, 0.25) is 0 Å². The highest BCUT2D eigenvalue weighted by molar-refractivity contribution is 7.98. The number of nitrogens with two attached hydrogens (primary N) is 1. The van der Waals surface area contributed by atoms with E-state index in [1.54, 1.807) is 0 Å². The molecule has 16 heavy (non-hydrogen) atoms. The molecule has 0 spiro atoms. The summed E-state index contributed by atoms with van der Waals surface area (Å²) in [5.74, 6) is 9.14. The smallest absolute Gasteiger partial charge is 0.148 e. The molecule has 0 unspecified atom stereocenters. The molecule has 0 bridgehead atoms. The zero-order chi connectivity index (χ0) is 11.8. The fourth-order valence-corrected chi connectivity index (χ4v) is 2.82. The number of hydrogen-bond donors (Lipinski definition) is 2. The van der Waals surface area contributed by atoms with Crippen LogP contribution in [0.3, 0.4) is 0 Å². The van der Waals surface area contributed by atoms with E-state index in [4.69, 9.17) is 5.84 Å². The lowest BCUT2D eigenvalue weighted by atomic mass is 9.92. The van der Waals surface area contributed by atoms with Gasteiger partial charge in [0.15, 0.2) is 0 Å². The van der Waals surface area contributed by atoms with E-state index in [1.807, 2.05) is 11.8 Å². The maximum absolute atomic E-state index is 5.51. The predicted octanol–water partition coefficient (Wildman–Crippen LogP) is 2.10. The number of fused-ring (bicyclic) bond motifs is 1. The molecule has 4 nitrogen and oxygen atoms in total. The van der Waals surface area contributed by atoms with Gasteiger partial charge in [-0.2, -0.15) is 11.8 Å². The van der Waals surface area contributed by atoms with Crippen molar-refractivity contribution in [2.75, 3.05) is 5.43 Å². The third kappa shape index (κ3) is 2.47. The van der Waals surface area contributed by atoms with E-state index in [0.29, 0.717) is 0 Å². The Morgan fingerprint density at radius 1 is 1.31 bits per heavy atom. The largest absolute Gasteiger partial charge is 0.308 e. The van der Waals surface area contributed by atoms with Crippen LogP contribution >= 0.6 is 11.8 Å². The van der Waals surface area contributed by atoms with Crippen LogP contribution in [0.5, 0.6) is 0 Å². The van der Waals surface area contributed by atoms with E-state index in [9.17, 15) is 0 Å². The first-order chi connectivity index (χ1) is 7.49. The Morgan fingerprint density at radius 3 is 2.69 bits per heavy atom. The van der Waals surface area contributed by atoms with Crippen molar-refractivity contribution in [1.29, 1.82) is 0 Å². The Hall–Kier alpha value is -0.810. The molecule has 0 atom stereocenters. The van der Waals surface area contributed by atoms with E-state index < -0.39 is 0 Å². The summed E-state index contributed by atoms with van der Waals surface area (Å²) in [4.78, 5) is 9.11. The van der Waals surface area contributed by atoms with Gasteiger partial charge in [0, 0.05) is 23.5 Å². The predicted molar refractivity (Wildman–Crippen MR) is 68.0 cm³/mol. The summed E-state index contributed by atoms with van der Waals surface area (Å²) in [6, 6.07) is 0. The van der Waals surface area contributed by atoms with Gasteiger partial charge in [0.25, 0.3) is 0 Å². The maximum atomic E-state index is 5.51. The zero-order valence-corrected chi connectivity index (χ0v) is 10.8. The number of hydrazine groups is 1. The molecule has 1 aromatic rings. The molecule has 5 heteroatoms. The van der Waals surface area contributed by atoms with Gasteiger partial charge in [-0.15, -0.1) is 0 Å². The average Bonchev–Trinajstić information content (AvgIpc) is 2.61. The summed E-state index contributed by atoms with van der Waals surface area (Å²) in [5, 5.41) is 0. The molecular weight excluding hydrogens is 220 g/mol. The Balaban J connectivity index is 2.35. The van der Waals surface area contributed by atoms with Crippen LogP contribution in [0.15, 0.2) is 0 Å². The number of nitrogen functional groups attached to an aromatic ring is 1. The first kappa shape index (κ1) is 11.7. The average molecular weight is 238 g/mol. The number of aromatic nitrogens is 2. The summed E-state index contributed by atoms with van der Waals surface area (Å²) in [6.45, 7) is 6.57. The van der Waals surface area contributed by atoms with Crippen molar-refractivity contribution >= 4 is 17.6 Å². The number of rotatable bonds is 2. The van der Waals surface area contributed by atoms with Crippen LogP contribution in [0, 0.1) is 5.41 Å². The minimum absolute atomic E-state index is 0.200. The van der Waals surface area contributed by atoms with Crippen molar-refractivity contribution in [3.05, 3.63) is 17.1 Å². The van der Waals surface area contributed by atoms with Gasteiger partial charge in [-0.05, 0) is 5.41 Å². The molecule has 3 N–H and O–H groups in total. The van der Waals surface area contributed by atoms with Crippen molar-refractivity contribution in [2.45, 2.75) is 38.7 Å². The third-order valence-corrected chi connectivity index (χ3v) is 3.42. The second-order valence-corrected chi connectivity index (χ2v) is 6.27. The highest BCUT2D eigenvalue weighted by Gasteiger charge is 2.21. The van der Waals surface area contributed by atoms with Crippen LogP contribution in [0.25, 0.3) is 0 Å². The fourth-order valence-electron chi connectivity index (χ4n) is 1.78. The number of anilines is 1. The number of nitrogens with one attached hydrogen (secondary N) is 1. The van der Waals surface area contributed by atoms with E-state index in [0.717, 1.165) is 35.3 Å². The van der Waals surface area contributed by atoms with Gasteiger partial charge in [0.2, 0.25) is 0 Å². The molecular formula is C11H18N4S. The van der Waals surface area contributed by atoms with Crippen molar-refractivity contribution in [3.8, 4) is 0 Å². The molecule has 0 amide bonds. The standard InChI is InChI=1S/C11H18N4S/c1-11(2,3)4-9-13-8-6-16-5-7(8)10(14-9)15-12/h4-6,12H2,1-3H3,(H,13,14,15). The van der Waals surface area contributed by atoms with E-state index >= 15 is 0 Å². The Bertz CT molecular complexity index is 398. The van der Waals surface area contributed by atoms with Gasteiger partial charge in [0.1, 0.15) is 11.6 Å². The molecule has 0 aromatic carbocycles. The number of nitrogens with zero attached hydrogens (tertiary/aromatic N) is 2. The Labute approximate surface area is 100 Å². The molecule has 1 aromatic heterocycles. The maximum Gasteiger partial charge on any atom is 0.148 e. The van der Waals surface area contributed by atoms with Crippen molar-refractivity contribution in [3.63, 3.8) is 0 Å². The monoisotopic (exact) mass is 238 g/mol. The summed E-state index contributed by atoms with van der Waals surface area (Å²) in [6.07, 6.45) is 0.875. The molecule has 1 aliphatic rings. The van der Waals surface area contributed by atoms with Crippen molar-refractivity contribution in [2.24, 2.45) is 11.3 Å². The zero-order valence-electron chi connectivity index (χ0n) is 10.0. The normalized spacial score (nSPS) is 15.0. The molecule has 2 rings (SSSR count). The fraction of sp³-hybridized carbons (Fsp3) is 0.636. The minimum atomic E-state index is 0.200. The Kier molecular flexibility index (Phi) is 3.08. The van der Waals surface area contributed by atoms with E-state index in [2.05, 4.69) is 36.2 Å². The van der Waals surface area contributed by atoms with Gasteiger partial charge < -0.3 is 5.43 Å². The molecule has 1 aliphatic heterocycles. The van der Waals surface area contributed by atoms with Gasteiger partial charge in [-0.25, -0.2) is 15.8 Å². The minimum Gasteiger partial charge on any atom is -0.308 e. The second kappa shape index (κ2) is 4.22. The van der Waals surface area contributed by atoms with Crippen LogP contribution in [0.1, 0.15) is 37.9 Å². The molecule has 0 fully saturated rings. The van der Waals surface area contributed by atoms with E-state index in [-0.39, 0.29) is 5.41 Å². The lowest BCUT2D eigenvalue weighted by Crippen LogP contribution is -2.17. The summed E-state index contributed by atoms with van der Waals surface area (Å²) >= 11 is 1.86. The molecule has 0 aliphatic carbocycles. The van der Waals surface area contributed by atoms with Gasteiger partial charge in [-0.3, -0.25) is 0 Å². The summed E-state index contributed by atoms with van der Waals surface area (Å²) < 4.78 is 0. The summed E-state index contributed by atoms with van der Waals surface area (Å²) in [7, 11) is 0. The summed E-state index contributed by atoms with van der Waals surface area (Å²) in [5.41, 5.74) is 5.21. The van der Waals surface area contributed by atoms with Crippen LogP contribution < -0.4 is 11.3 Å². The lowest BCUT2D eigenvalue weighted by molar-refractivity contribution is 0.400. The lowest BCUT2D eigenvalue weighted by Gasteiger charge is -2.18. The van der Waals surface area contributed by atoms with Crippen molar-refractivity contribution < 1.29 is 0 Å². The molecule has 88 valence electrons. The van der Waals surface area contributed by atoms with Gasteiger partial charge >= 0.3 is 0 Å². The highest BCUT2D eigenvalue weighted by Crippen LogP contribution is 2.33. The molecule has 2 heterocycles. The van der Waals surface area contributed by atoms with Crippen LogP contribution in [-0.4, -0.2) is 9.97 Å². The van der Waals surface area contributed by atoms with Crippen molar-refractivity contribution in [1.82, 2.24) is 9.97 Å². The van der Waals surface area contributed by atoms with E-state index in [1.165, 1.54) is 5.56 Å². The van der Waals surface area contributed by atoms with Gasteiger partial charge in [0.05, 0.1) is 5.69 Å². The number of hydrogen-bond acceptors (Lipinski definition) is 5. The van der Waals surface area contributed by atoms with Crippen LogP contribution in [-0.2, 0) is 17.9 Å². The molecule has 0 saturated heterocycles.